The summed E-state index contributed by atoms with van der Waals surface area (Å²) in [5.41, 5.74) is 4.24. The van der Waals surface area contributed by atoms with Crippen LogP contribution < -0.4 is 16.0 Å². The first-order chi connectivity index (χ1) is 19.7. The van der Waals surface area contributed by atoms with Crippen LogP contribution in [-0.2, 0) is 32.9 Å². The Morgan fingerprint density at radius 2 is 1.32 bits per heavy atom. The van der Waals surface area contributed by atoms with E-state index < -0.39 is 0 Å². The highest BCUT2D eigenvalue weighted by molar-refractivity contribution is 6.07. The predicted octanol–water partition coefficient (Wildman–Crippen LogP) is 2.27. The van der Waals surface area contributed by atoms with Crippen molar-refractivity contribution in [1.82, 2.24) is 28.5 Å². The van der Waals surface area contributed by atoms with Gasteiger partial charge in [-0.05, 0) is 30.3 Å². The first-order valence-corrected chi connectivity index (χ1v) is 13.5. The van der Waals surface area contributed by atoms with Crippen molar-refractivity contribution in [3.8, 4) is 11.3 Å². The van der Waals surface area contributed by atoms with E-state index >= 15 is 0 Å². The Bertz CT molecular complexity index is 1570. The Morgan fingerprint density at radius 1 is 0.756 bits per heavy atom. The van der Waals surface area contributed by atoms with Crippen molar-refractivity contribution in [3.05, 3.63) is 72.2 Å². The zero-order valence-corrected chi connectivity index (χ0v) is 23.8. The predicted molar refractivity (Wildman–Crippen MR) is 156 cm³/mol. The summed E-state index contributed by atoms with van der Waals surface area (Å²) in [6, 6.07) is 9.06. The van der Waals surface area contributed by atoms with Gasteiger partial charge in [0.25, 0.3) is 17.7 Å². The van der Waals surface area contributed by atoms with Crippen LogP contribution in [0.25, 0.3) is 11.3 Å². The summed E-state index contributed by atoms with van der Waals surface area (Å²) < 4.78 is 12.5. The van der Waals surface area contributed by atoms with E-state index in [2.05, 4.69) is 20.9 Å². The maximum absolute atomic E-state index is 13.1. The van der Waals surface area contributed by atoms with E-state index in [-0.39, 0.29) is 17.7 Å². The molecule has 3 amide bonds. The third-order valence-corrected chi connectivity index (χ3v) is 7.29. The number of ether oxygens (including phenoxy) is 1. The molecule has 4 aromatic rings. The fraction of sp³-hybridized carbons (Fsp3) is 0.345. The van der Waals surface area contributed by atoms with Crippen LogP contribution in [-0.4, -0.2) is 80.3 Å². The summed E-state index contributed by atoms with van der Waals surface area (Å²) in [5.74, 6) is -0.846. The second-order valence-corrected chi connectivity index (χ2v) is 10.3. The van der Waals surface area contributed by atoms with Crippen molar-refractivity contribution in [1.29, 1.82) is 0 Å². The number of aromatic nitrogens is 4. The van der Waals surface area contributed by atoms with Crippen LogP contribution in [0.1, 0.15) is 31.5 Å². The van der Waals surface area contributed by atoms with Crippen molar-refractivity contribution in [2.24, 2.45) is 28.2 Å². The van der Waals surface area contributed by atoms with Gasteiger partial charge in [0.1, 0.15) is 17.1 Å². The Labute approximate surface area is 238 Å². The van der Waals surface area contributed by atoms with Gasteiger partial charge in [0.15, 0.2) is 0 Å². The SMILES string of the molecule is Cn1cc(NC(=O)c2cc(NC(=O)c3cc(-c4cccn4C)cn3C)cn2C)cc1C(=O)NCCN1CCOCC1. The quantitative estimate of drug-likeness (QED) is 0.290. The zero-order valence-electron chi connectivity index (χ0n) is 23.8. The average Bonchev–Trinajstić information content (AvgIpc) is 3.71. The van der Waals surface area contributed by atoms with Gasteiger partial charge in [-0.25, -0.2) is 0 Å². The molecule has 0 saturated carbocycles. The van der Waals surface area contributed by atoms with Crippen molar-refractivity contribution >= 4 is 29.1 Å². The summed E-state index contributed by atoms with van der Waals surface area (Å²) in [6.45, 7) is 4.44. The molecule has 12 heteroatoms. The lowest BCUT2D eigenvalue weighted by Crippen LogP contribution is -2.41. The molecular formula is C29H36N8O4. The molecule has 0 aliphatic carbocycles. The molecule has 216 valence electrons. The van der Waals surface area contributed by atoms with E-state index in [4.69, 9.17) is 4.74 Å². The van der Waals surface area contributed by atoms with Gasteiger partial charge in [0, 0.05) is 90.4 Å². The van der Waals surface area contributed by atoms with Gasteiger partial charge in [-0.2, -0.15) is 0 Å². The number of amides is 3. The third kappa shape index (κ3) is 6.28. The lowest BCUT2D eigenvalue weighted by Gasteiger charge is -2.26. The largest absolute Gasteiger partial charge is 0.379 e. The first kappa shape index (κ1) is 28.0. The van der Waals surface area contributed by atoms with Gasteiger partial charge in [0.05, 0.1) is 24.6 Å². The van der Waals surface area contributed by atoms with Crippen LogP contribution in [0.5, 0.6) is 0 Å². The van der Waals surface area contributed by atoms with E-state index in [0.717, 1.165) is 30.9 Å². The molecule has 4 aromatic heterocycles. The maximum atomic E-state index is 13.1. The maximum Gasteiger partial charge on any atom is 0.272 e. The molecule has 5 rings (SSSR count). The number of carbonyl (C=O) groups is 3. The Balaban J connectivity index is 1.19. The Hall–Kier alpha value is -4.55. The molecule has 12 nitrogen and oxygen atoms in total. The molecule has 41 heavy (non-hydrogen) atoms. The molecule has 0 bridgehead atoms. The van der Waals surface area contributed by atoms with Crippen LogP contribution in [0.2, 0.25) is 0 Å². The van der Waals surface area contributed by atoms with Crippen LogP contribution in [0, 0.1) is 0 Å². The average molecular weight is 561 g/mol. The van der Waals surface area contributed by atoms with Gasteiger partial charge in [-0.1, -0.05) is 0 Å². The zero-order chi connectivity index (χ0) is 29.1. The Kier molecular flexibility index (Phi) is 8.13. The number of anilines is 2. The minimum absolute atomic E-state index is 0.207. The molecule has 0 radical (unpaired) electrons. The van der Waals surface area contributed by atoms with E-state index in [1.165, 1.54) is 0 Å². The summed E-state index contributed by atoms with van der Waals surface area (Å²) in [6.07, 6.45) is 7.25. The lowest BCUT2D eigenvalue weighted by molar-refractivity contribution is 0.0383. The van der Waals surface area contributed by atoms with Crippen molar-refractivity contribution in [2.45, 2.75) is 0 Å². The van der Waals surface area contributed by atoms with Crippen molar-refractivity contribution in [3.63, 3.8) is 0 Å². The second kappa shape index (κ2) is 11.9. The molecule has 1 saturated heterocycles. The van der Waals surface area contributed by atoms with E-state index in [0.29, 0.717) is 48.2 Å². The molecule has 0 aromatic carbocycles. The molecule has 0 unspecified atom stereocenters. The number of morpholine rings is 1. The Morgan fingerprint density at radius 3 is 1.90 bits per heavy atom. The topological polar surface area (TPSA) is 119 Å². The highest BCUT2D eigenvalue weighted by Crippen LogP contribution is 2.23. The van der Waals surface area contributed by atoms with Gasteiger partial charge in [0.2, 0.25) is 0 Å². The van der Waals surface area contributed by atoms with Crippen LogP contribution in [0.15, 0.2) is 55.1 Å². The number of nitrogens with one attached hydrogen (secondary N) is 3. The highest BCUT2D eigenvalue weighted by atomic mass is 16.5. The lowest BCUT2D eigenvalue weighted by atomic mass is 10.2. The molecule has 3 N–H and O–H groups in total. The molecule has 1 aliphatic heterocycles. The molecule has 1 aliphatic rings. The molecular weight excluding hydrogens is 524 g/mol. The summed E-state index contributed by atoms with van der Waals surface area (Å²) in [7, 11) is 7.27. The summed E-state index contributed by atoms with van der Waals surface area (Å²) in [5, 5.41) is 8.68. The smallest absolute Gasteiger partial charge is 0.272 e. The normalized spacial score (nSPS) is 13.8. The third-order valence-electron chi connectivity index (χ3n) is 7.29. The van der Waals surface area contributed by atoms with Crippen LogP contribution >= 0.6 is 0 Å². The number of carbonyl (C=O) groups excluding carboxylic acids is 3. The van der Waals surface area contributed by atoms with Gasteiger partial charge < -0.3 is 39.0 Å². The minimum Gasteiger partial charge on any atom is -0.379 e. The van der Waals surface area contributed by atoms with E-state index in [9.17, 15) is 14.4 Å². The minimum atomic E-state index is -0.359. The standard InChI is InChI=1S/C29H36N8O4/c1-33-8-5-6-23(33)20-14-24(34(2)17-20)28(39)31-22-16-26(36(4)19-22)29(40)32-21-15-25(35(3)18-21)27(38)30-7-9-37-10-12-41-13-11-37/h5-6,8,14-19H,7,9-13H2,1-4H3,(H,30,38)(H,31,39)(H,32,40). The summed E-state index contributed by atoms with van der Waals surface area (Å²) in [4.78, 5) is 41.1. The van der Waals surface area contributed by atoms with Crippen LogP contribution in [0.3, 0.4) is 0 Å². The molecule has 5 heterocycles. The number of hydrogen-bond acceptors (Lipinski definition) is 5. The molecule has 0 atom stereocenters. The van der Waals surface area contributed by atoms with E-state index in [1.54, 1.807) is 52.3 Å². The second-order valence-electron chi connectivity index (χ2n) is 10.3. The fourth-order valence-electron chi connectivity index (χ4n) is 5.04. The number of nitrogens with zero attached hydrogens (tertiary/aromatic N) is 5. The van der Waals surface area contributed by atoms with Crippen molar-refractivity contribution < 1.29 is 19.1 Å². The van der Waals surface area contributed by atoms with Gasteiger partial charge in [-0.15, -0.1) is 0 Å². The highest BCUT2D eigenvalue weighted by Gasteiger charge is 2.19. The molecule has 1 fully saturated rings. The molecule has 0 spiro atoms. The van der Waals surface area contributed by atoms with Crippen LogP contribution in [0.4, 0.5) is 11.4 Å². The van der Waals surface area contributed by atoms with Crippen molar-refractivity contribution in [2.75, 3.05) is 50.0 Å². The number of rotatable bonds is 9. The van der Waals surface area contributed by atoms with Gasteiger partial charge in [-0.3, -0.25) is 19.3 Å². The monoisotopic (exact) mass is 560 g/mol. The van der Waals surface area contributed by atoms with E-state index in [1.807, 2.05) is 49.3 Å². The van der Waals surface area contributed by atoms with Gasteiger partial charge >= 0.3 is 0 Å². The fourth-order valence-corrected chi connectivity index (χ4v) is 5.04. The number of aryl methyl sites for hydroxylation is 4. The number of hydrogen-bond donors (Lipinski definition) is 3. The first-order valence-electron chi connectivity index (χ1n) is 13.5. The summed E-state index contributed by atoms with van der Waals surface area (Å²) >= 11 is 0.